The third kappa shape index (κ3) is 3.44. The topological polar surface area (TPSA) is 55.1 Å². The first-order valence-electron chi connectivity index (χ1n) is 8.55. The van der Waals surface area contributed by atoms with Gasteiger partial charge in [0.25, 0.3) is 5.91 Å². The van der Waals surface area contributed by atoms with Gasteiger partial charge in [0.05, 0.1) is 10.6 Å². The van der Waals surface area contributed by atoms with E-state index >= 15 is 0 Å². The number of anilines is 1. The number of amides is 1. The molecule has 0 fully saturated rings. The molecule has 0 saturated heterocycles. The van der Waals surface area contributed by atoms with Crippen molar-refractivity contribution in [1.29, 1.82) is 0 Å². The van der Waals surface area contributed by atoms with Gasteiger partial charge in [0.15, 0.2) is 5.58 Å². The Kier molecular flexibility index (Phi) is 4.42. The molecule has 0 aliphatic carbocycles. The Morgan fingerprint density at radius 2 is 1.85 bits per heavy atom. The average Bonchev–Trinajstić information content (AvgIpc) is 3.07. The van der Waals surface area contributed by atoms with Gasteiger partial charge < -0.3 is 9.73 Å². The predicted octanol–water partition coefficient (Wildman–Crippen LogP) is 6.02. The Morgan fingerprint density at radius 1 is 1.04 bits per heavy atom. The number of hydrogen-bond donors (Lipinski definition) is 1. The predicted molar refractivity (Wildman–Crippen MR) is 108 cm³/mol. The van der Waals surface area contributed by atoms with Crippen LogP contribution in [0.25, 0.3) is 22.6 Å². The van der Waals surface area contributed by atoms with Crippen LogP contribution in [0.5, 0.6) is 0 Å². The number of para-hydroxylation sites is 2. The maximum atomic E-state index is 12.7. The molecule has 0 bridgehead atoms. The Morgan fingerprint density at radius 3 is 2.63 bits per heavy atom. The van der Waals surface area contributed by atoms with Crippen molar-refractivity contribution in [3.8, 4) is 11.5 Å². The molecule has 4 aromatic rings. The highest BCUT2D eigenvalue weighted by Gasteiger charge is 2.14. The summed E-state index contributed by atoms with van der Waals surface area (Å²) in [4.78, 5) is 17.2. The number of benzene rings is 3. The van der Waals surface area contributed by atoms with E-state index in [9.17, 15) is 4.79 Å². The lowest BCUT2D eigenvalue weighted by Gasteiger charge is -2.11. The maximum absolute atomic E-state index is 12.7. The first kappa shape index (κ1) is 17.3. The SMILES string of the molecule is Cc1ccc(C(=O)Nc2cc(-c3nc4ccccc4o3)ccc2C)c(Cl)c1. The fourth-order valence-electron chi connectivity index (χ4n) is 2.88. The number of nitrogens with one attached hydrogen (secondary N) is 1. The molecule has 0 unspecified atom stereocenters. The van der Waals surface area contributed by atoms with Crippen molar-refractivity contribution in [3.63, 3.8) is 0 Å². The van der Waals surface area contributed by atoms with E-state index in [1.165, 1.54) is 0 Å². The molecule has 27 heavy (non-hydrogen) atoms. The molecule has 1 N–H and O–H groups in total. The van der Waals surface area contributed by atoms with Crippen molar-refractivity contribution in [1.82, 2.24) is 4.98 Å². The van der Waals surface area contributed by atoms with Gasteiger partial charge in [-0.3, -0.25) is 4.79 Å². The van der Waals surface area contributed by atoms with E-state index in [0.717, 1.165) is 27.8 Å². The van der Waals surface area contributed by atoms with Gasteiger partial charge in [-0.1, -0.05) is 35.9 Å². The van der Waals surface area contributed by atoms with Crippen molar-refractivity contribution in [2.45, 2.75) is 13.8 Å². The molecule has 5 heteroatoms. The van der Waals surface area contributed by atoms with Crippen LogP contribution in [0.3, 0.4) is 0 Å². The lowest BCUT2D eigenvalue weighted by molar-refractivity contribution is 0.102. The van der Waals surface area contributed by atoms with Gasteiger partial charge in [-0.2, -0.15) is 0 Å². The number of nitrogens with zero attached hydrogens (tertiary/aromatic N) is 1. The normalized spacial score (nSPS) is 10.9. The first-order valence-corrected chi connectivity index (χ1v) is 8.93. The van der Waals surface area contributed by atoms with Gasteiger partial charge in [0, 0.05) is 11.3 Å². The lowest BCUT2D eigenvalue weighted by atomic mass is 10.1. The average molecular weight is 377 g/mol. The van der Waals surface area contributed by atoms with Crippen LogP contribution in [-0.4, -0.2) is 10.9 Å². The summed E-state index contributed by atoms with van der Waals surface area (Å²) in [5, 5.41) is 3.37. The Hall–Kier alpha value is -3.11. The summed E-state index contributed by atoms with van der Waals surface area (Å²) < 4.78 is 5.83. The van der Waals surface area contributed by atoms with Crippen LogP contribution in [0.15, 0.2) is 65.1 Å². The van der Waals surface area contributed by atoms with E-state index in [-0.39, 0.29) is 5.91 Å². The van der Waals surface area contributed by atoms with Crippen LogP contribution >= 0.6 is 11.6 Å². The van der Waals surface area contributed by atoms with Crippen LogP contribution in [0.2, 0.25) is 5.02 Å². The molecule has 0 aliphatic heterocycles. The smallest absolute Gasteiger partial charge is 0.257 e. The number of carbonyl (C=O) groups is 1. The Labute approximate surface area is 161 Å². The number of carbonyl (C=O) groups excluding carboxylic acids is 1. The molecule has 4 nitrogen and oxygen atoms in total. The van der Waals surface area contributed by atoms with Crippen molar-refractivity contribution in [3.05, 3.63) is 82.4 Å². The summed E-state index contributed by atoms with van der Waals surface area (Å²) in [6.07, 6.45) is 0. The second kappa shape index (κ2) is 6.89. The zero-order chi connectivity index (χ0) is 19.0. The van der Waals surface area contributed by atoms with E-state index in [4.69, 9.17) is 16.0 Å². The number of rotatable bonds is 3. The Balaban J connectivity index is 1.67. The van der Waals surface area contributed by atoms with Gasteiger partial charge in [-0.25, -0.2) is 4.98 Å². The van der Waals surface area contributed by atoms with Crippen LogP contribution < -0.4 is 5.32 Å². The standard InChI is InChI=1S/C22H17ClN2O2/c1-13-7-10-16(17(23)11-13)21(26)24-19-12-15(9-8-14(19)2)22-25-18-5-3-4-6-20(18)27-22/h3-12H,1-2H3,(H,24,26). The summed E-state index contributed by atoms with van der Waals surface area (Å²) >= 11 is 6.22. The van der Waals surface area contributed by atoms with E-state index in [2.05, 4.69) is 10.3 Å². The zero-order valence-electron chi connectivity index (χ0n) is 14.9. The monoisotopic (exact) mass is 376 g/mol. The van der Waals surface area contributed by atoms with Crippen molar-refractivity contribution in [2.75, 3.05) is 5.32 Å². The molecule has 134 valence electrons. The fraction of sp³-hybridized carbons (Fsp3) is 0.0909. The number of halogens is 1. The number of fused-ring (bicyclic) bond motifs is 1. The quantitative estimate of drug-likeness (QED) is 0.475. The highest BCUT2D eigenvalue weighted by Crippen LogP contribution is 2.28. The first-order chi connectivity index (χ1) is 13.0. The summed E-state index contributed by atoms with van der Waals surface area (Å²) in [7, 11) is 0. The number of hydrogen-bond acceptors (Lipinski definition) is 3. The van der Waals surface area contributed by atoms with Crippen LogP contribution in [0.4, 0.5) is 5.69 Å². The molecule has 0 radical (unpaired) electrons. The van der Waals surface area contributed by atoms with E-state index in [1.807, 2.05) is 62.4 Å². The van der Waals surface area contributed by atoms with E-state index < -0.39 is 0 Å². The highest BCUT2D eigenvalue weighted by atomic mass is 35.5. The molecule has 0 saturated carbocycles. The molecule has 1 amide bonds. The van der Waals surface area contributed by atoms with Gasteiger partial charge in [-0.05, 0) is 61.4 Å². The van der Waals surface area contributed by atoms with Gasteiger partial charge in [0.2, 0.25) is 5.89 Å². The zero-order valence-corrected chi connectivity index (χ0v) is 15.7. The van der Waals surface area contributed by atoms with Gasteiger partial charge >= 0.3 is 0 Å². The van der Waals surface area contributed by atoms with Gasteiger partial charge in [0.1, 0.15) is 5.52 Å². The summed E-state index contributed by atoms with van der Waals surface area (Å²) in [5.74, 6) is 0.262. The number of oxazole rings is 1. The molecule has 1 aromatic heterocycles. The third-order valence-electron chi connectivity index (χ3n) is 4.40. The second-order valence-corrected chi connectivity index (χ2v) is 6.86. The third-order valence-corrected chi connectivity index (χ3v) is 4.71. The molecule has 3 aromatic carbocycles. The number of aryl methyl sites for hydroxylation is 2. The highest BCUT2D eigenvalue weighted by molar-refractivity contribution is 6.34. The molecule has 4 rings (SSSR count). The van der Waals surface area contributed by atoms with Crippen molar-refractivity contribution >= 4 is 34.3 Å². The second-order valence-electron chi connectivity index (χ2n) is 6.45. The summed E-state index contributed by atoms with van der Waals surface area (Å²) in [6, 6.07) is 18.7. The number of aromatic nitrogens is 1. The minimum absolute atomic E-state index is 0.252. The minimum Gasteiger partial charge on any atom is -0.436 e. The summed E-state index contributed by atoms with van der Waals surface area (Å²) in [6.45, 7) is 3.86. The molecule has 0 atom stereocenters. The molecular weight excluding hydrogens is 360 g/mol. The molecule has 0 spiro atoms. The minimum atomic E-state index is -0.252. The van der Waals surface area contributed by atoms with Crippen molar-refractivity contribution < 1.29 is 9.21 Å². The van der Waals surface area contributed by atoms with Crippen LogP contribution in [0.1, 0.15) is 21.5 Å². The van der Waals surface area contributed by atoms with Crippen molar-refractivity contribution in [2.24, 2.45) is 0 Å². The molecule has 0 aliphatic rings. The maximum Gasteiger partial charge on any atom is 0.257 e. The van der Waals surface area contributed by atoms with Gasteiger partial charge in [-0.15, -0.1) is 0 Å². The molecular formula is C22H17ClN2O2. The molecule has 1 heterocycles. The van der Waals surface area contributed by atoms with E-state index in [0.29, 0.717) is 22.2 Å². The fourth-order valence-corrected chi connectivity index (χ4v) is 3.20. The lowest BCUT2D eigenvalue weighted by Crippen LogP contribution is -2.13. The van der Waals surface area contributed by atoms with Crippen LogP contribution in [-0.2, 0) is 0 Å². The summed E-state index contributed by atoms with van der Waals surface area (Å²) in [5.41, 5.74) is 5.39. The van der Waals surface area contributed by atoms with E-state index in [1.54, 1.807) is 12.1 Å². The van der Waals surface area contributed by atoms with Crippen LogP contribution in [0, 0.1) is 13.8 Å². The largest absolute Gasteiger partial charge is 0.436 e. The Bertz CT molecular complexity index is 1130.